The van der Waals surface area contributed by atoms with Crippen LogP contribution in [0.4, 0.5) is 0 Å². The molecule has 0 atom stereocenters. The fourth-order valence-corrected chi connectivity index (χ4v) is 3.14. The largest absolute Gasteiger partial charge is 0.306 e. The van der Waals surface area contributed by atoms with Gasteiger partial charge in [-0.1, -0.05) is 104 Å². The van der Waals surface area contributed by atoms with Crippen LogP contribution in [0.25, 0.3) is 0 Å². The molecular formula is C21H46ClN. The van der Waals surface area contributed by atoms with Gasteiger partial charge < -0.3 is 4.90 Å². The molecule has 1 nitrogen and oxygen atoms in total. The first kappa shape index (κ1) is 25.5. The average Bonchev–Trinajstić information content (AvgIpc) is 2.52. The minimum Gasteiger partial charge on any atom is -0.306 e. The van der Waals surface area contributed by atoms with Gasteiger partial charge in [-0.25, -0.2) is 0 Å². The Morgan fingerprint density at radius 2 is 0.696 bits per heavy atom. The van der Waals surface area contributed by atoms with Gasteiger partial charge in [0.15, 0.2) is 0 Å². The molecule has 0 aromatic rings. The third kappa shape index (κ3) is 22.2. The van der Waals surface area contributed by atoms with Crippen LogP contribution >= 0.6 is 12.4 Å². The van der Waals surface area contributed by atoms with Crippen LogP contribution in [-0.2, 0) is 0 Å². The van der Waals surface area contributed by atoms with Gasteiger partial charge in [0.25, 0.3) is 0 Å². The van der Waals surface area contributed by atoms with Crippen LogP contribution in [0, 0.1) is 0 Å². The highest BCUT2D eigenvalue weighted by Crippen LogP contribution is 2.10. The van der Waals surface area contributed by atoms with Crippen molar-refractivity contribution in [2.24, 2.45) is 0 Å². The fourth-order valence-electron chi connectivity index (χ4n) is 3.14. The molecule has 0 radical (unpaired) electrons. The lowest BCUT2D eigenvalue weighted by Gasteiger charge is -2.16. The minimum atomic E-state index is 0. The first-order valence-electron chi connectivity index (χ1n) is 10.5. The van der Waals surface area contributed by atoms with Gasteiger partial charge >= 0.3 is 0 Å². The van der Waals surface area contributed by atoms with E-state index >= 15 is 0 Å². The molecule has 0 aliphatic heterocycles. The molecule has 0 spiro atoms. The molecule has 0 aromatic carbocycles. The Labute approximate surface area is 154 Å². The van der Waals surface area contributed by atoms with Gasteiger partial charge in [0, 0.05) is 0 Å². The molecule has 0 aromatic heterocycles. The number of unbranched alkanes of at least 4 members (excludes halogenated alkanes) is 14. The molecule has 0 saturated carbocycles. The summed E-state index contributed by atoms with van der Waals surface area (Å²) in [5.74, 6) is 0. The lowest BCUT2D eigenvalue weighted by molar-refractivity contribution is 0.314. The third-order valence-corrected chi connectivity index (χ3v) is 4.79. The maximum atomic E-state index is 2.55. The van der Waals surface area contributed by atoms with Gasteiger partial charge in [0.05, 0.1) is 0 Å². The molecule has 0 rings (SSSR count). The van der Waals surface area contributed by atoms with Crippen LogP contribution in [0.5, 0.6) is 0 Å². The number of halogens is 1. The molecule has 2 heteroatoms. The number of hydrogen-bond donors (Lipinski definition) is 0. The molecule has 0 amide bonds. The van der Waals surface area contributed by atoms with Crippen LogP contribution in [0.2, 0.25) is 0 Å². The van der Waals surface area contributed by atoms with Crippen molar-refractivity contribution in [3.05, 3.63) is 0 Å². The van der Waals surface area contributed by atoms with Crippen molar-refractivity contribution in [2.45, 2.75) is 117 Å². The first-order valence-corrected chi connectivity index (χ1v) is 10.5. The van der Waals surface area contributed by atoms with Gasteiger partial charge in [0.2, 0.25) is 0 Å². The summed E-state index contributed by atoms with van der Waals surface area (Å²) in [5.41, 5.74) is 0. The number of nitrogens with zero attached hydrogens (tertiary/aromatic N) is 1. The average molecular weight is 348 g/mol. The van der Waals surface area contributed by atoms with Crippen LogP contribution in [0.15, 0.2) is 0 Å². The molecule has 0 bridgehead atoms. The SMILES string of the molecule is CCCCCCCCCCN(C)CCCCCCCCCC.Cl. The normalized spacial score (nSPS) is 11.0. The standard InChI is InChI=1S/C21H45N.ClH/c1-4-6-8-10-12-14-16-18-20-22(3)21-19-17-15-13-11-9-7-5-2;/h4-21H2,1-3H3;1H. The smallest absolute Gasteiger partial charge is 0.00218 e. The molecule has 142 valence electrons. The van der Waals surface area contributed by atoms with Crippen LogP contribution in [0.3, 0.4) is 0 Å². The monoisotopic (exact) mass is 347 g/mol. The van der Waals surface area contributed by atoms with Crippen LogP contribution in [-0.4, -0.2) is 25.0 Å². The Morgan fingerprint density at radius 3 is 1.00 bits per heavy atom. The molecule has 0 heterocycles. The van der Waals surface area contributed by atoms with Gasteiger partial charge in [0.1, 0.15) is 0 Å². The second-order valence-electron chi connectivity index (χ2n) is 7.25. The lowest BCUT2D eigenvalue weighted by atomic mass is 10.1. The second-order valence-corrected chi connectivity index (χ2v) is 7.25. The zero-order valence-electron chi connectivity index (χ0n) is 16.6. The Kier molecular flexibility index (Phi) is 24.7. The van der Waals surface area contributed by atoms with Crippen molar-refractivity contribution in [3.8, 4) is 0 Å². The molecule has 23 heavy (non-hydrogen) atoms. The summed E-state index contributed by atoms with van der Waals surface area (Å²) in [7, 11) is 2.31. The number of hydrogen-bond acceptors (Lipinski definition) is 1. The predicted molar refractivity (Wildman–Crippen MR) is 110 cm³/mol. The van der Waals surface area contributed by atoms with E-state index in [0.717, 1.165) is 0 Å². The van der Waals surface area contributed by atoms with Crippen molar-refractivity contribution < 1.29 is 0 Å². The first-order chi connectivity index (χ1) is 10.8. The van der Waals surface area contributed by atoms with E-state index in [1.54, 1.807) is 0 Å². The summed E-state index contributed by atoms with van der Waals surface area (Å²) in [6.45, 7) is 7.21. The zero-order valence-corrected chi connectivity index (χ0v) is 17.4. The Balaban J connectivity index is 0. The topological polar surface area (TPSA) is 3.24 Å². The predicted octanol–water partition coefficient (Wildman–Crippen LogP) is 7.62. The molecule has 0 unspecified atom stereocenters. The Morgan fingerprint density at radius 1 is 0.435 bits per heavy atom. The van der Waals surface area contributed by atoms with Gasteiger partial charge in [-0.15, -0.1) is 12.4 Å². The van der Waals surface area contributed by atoms with Crippen LogP contribution < -0.4 is 0 Å². The van der Waals surface area contributed by atoms with E-state index in [2.05, 4.69) is 25.8 Å². The maximum Gasteiger partial charge on any atom is -0.00218 e. The van der Waals surface area contributed by atoms with Crippen molar-refractivity contribution in [1.29, 1.82) is 0 Å². The maximum absolute atomic E-state index is 2.55. The zero-order chi connectivity index (χ0) is 16.3. The molecule has 0 aliphatic carbocycles. The van der Waals surface area contributed by atoms with Crippen molar-refractivity contribution >= 4 is 12.4 Å². The third-order valence-electron chi connectivity index (χ3n) is 4.79. The van der Waals surface area contributed by atoms with Crippen molar-refractivity contribution in [2.75, 3.05) is 20.1 Å². The van der Waals surface area contributed by atoms with Crippen molar-refractivity contribution in [3.63, 3.8) is 0 Å². The molecule has 0 aliphatic rings. The highest BCUT2D eigenvalue weighted by Gasteiger charge is 1.99. The van der Waals surface area contributed by atoms with E-state index in [4.69, 9.17) is 0 Å². The van der Waals surface area contributed by atoms with E-state index in [-0.39, 0.29) is 12.4 Å². The summed E-state index contributed by atoms with van der Waals surface area (Å²) in [6.07, 6.45) is 22.9. The summed E-state index contributed by atoms with van der Waals surface area (Å²) in [5, 5.41) is 0. The molecule has 0 fully saturated rings. The summed E-state index contributed by atoms with van der Waals surface area (Å²) < 4.78 is 0. The lowest BCUT2D eigenvalue weighted by Crippen LogP contribution is -2.20. The van der Waals surface area contributed by atoms with E-state index in [1.165, 1.54) is 116 Å². The number of rotatable bonds is 18. The second kappa shape index (κ2) is 22.2. The quantitative estimate of drug-likeness (QED) is 0.230. The Bertz CT molecular complexity index is 176. The highest BCUT2D eigenvalue weighted by molar-refractivity contribution is 5.85. The summed E-state index contributed by atoms with van der Waals surface area (Å²) >= 11 is 0. The minimum absolute atomic E-state index is 0. The molecule has 0 N–H and O–H groups in total. The summed E-state index contributed by atoms with van der Waals surface area (Å²) in [6, 6.07) is 0. The summed E-state index contributed by atoms with van der Waals surface area (Å²) in [4.78, 5) is 2.55. The van der Waals surface area contributed by atoms with E-state index in [1.807, 2.05) is 0 Å². The van der Waals surface area contributed by atoms with Gasteiger partial charge in [-0.2, -0.15) is 0 Å². The van der Waals surface area contributed by atoms with E-state index in [9.17, 15) is 0 Å². The highest BCUT2D eigenvalue weighted by atomic mass is 35.5. The fraction of sp³-hybridized carbons (Fsp3) is 1.00. The Hall–Kier alpha value is 0.250. The van der Waals surface area contributed by atoms with E-state index < -0.39 is 0 Å². The van der Waals surface area contributed by atoms with Gasteiger partial charge in [-0.05, 0) is 33.0 Å². The van der Waals surface area contributed by atoms with Gasteiger partial charge in [-0.3, -0.25) is 0 Å². The van der Waals surface area contributed by atoms with Crippen molar-refractivity contribution in [1.82, 2.24) is 4.90 Å². The van der Waals surface area contributed by atoms with E-state index in [0.29, 0.717) is 0 Å². The van der Waals surface area contributed by atoms with Crippen LogP contribution in [0.1, 0.15) is 117 Å². The molecular weight excluding hydrogens is 302 g/mol. The molecule has 0 saturated heterocycles.